The number of esters is 1. The van der Waals surface area contributed by atoms with Crippen molar-refractivity contribution >= 4 is 37.8 Å². The van der Waals surface area contributed by atoms with E-state index in [0.717, 1.165) is 35.8 Å². The molecule has 0 aromatic carbocycles. The fourth-order valence-corrected chi connectivity index (χ4v) is 3.28. The van der Waals surface area contributed by atoms with Gasteiger partial charge in [0.1, 0.15) is 0 Å². The molecular weight excluding hydrogens is 402 g/mol. The van der Waals surface area contributed by atoms with E-state index >= 15 is 0 Å². The van der Waals surface area contributed by atoms with Crippen molar-refractivity contribution in [1.29, 1.82) is 0 Å². The van der Waals surface area contributed by atoms with Gasteiger partial charge in [0.15, 0.2) is 0 Å². The minimum atomic E-state index is -0.125. The van der Waals surface area contributed by atoms with Crippen LogP contribution in [0.25, 0.3) is 0 Å². The zero-order chi connectivity index (χ0) is 15.8. The monoisotopic (exact) mass is 421 g/mol. The van der Waals surface area contributed by atoms with Crippen LogP contribution in [0.3, 0.4) is 0 Å². The van der Waals surface area contributed by atoms with Crippen molar-refractivity contribution < 1.29 is 9.53 Å². The summed E-state index contributed by atoms with van der Waals surface area (Å²) in [6, 6.07) is 1.79. The van der Waals surface area contributed by atoms with Gasteiger partial charge in [-0.25, -0.2) is 0 Å². The molecule has 0 radical (unpaired) electrons. The fraction of sp³-hybridized carbons (Fsp3) is 0.600. The summed E-state index contributed by atoms with van der Waals surface area (Å²) in [5.74, 6) is -0.125. The van der Waals surface area contributed by atoms with Gasteiger partial charge in [-0.3, -0.25) is 9.59 Å². The number of aromatic nitrogens is 1. The van der Waals surface area contributed by atoms with E-state index in [9.17, 15) is 9.59 Å². The van der Waals surface area contributed by atoms with Gasteiger partial charge in [0, 0.05) is 23.1 Å². The van der Waals surface area contributed by atoms with Gasteiger partial charge >= 0.3 is 5.97 Å². The number of halogens is 2. The van der Waals surface area contributed by atoms with Gasteiger partial charge in [-0.05, 0) is 64.6 Å². The molecule has 0 aliphatic carbocycles. The number of carbonyl (C=O) groups excluding carboxylic acids is 1. The first-order valence-electron chi connectivity index (χ1n) is 7.18. The Morgan fingerprint density at radius 1 is 1.19 bits per heavy atom. The average Bonchev–Trinajstić information content (AvgIpc) is 2.44. The Kier molecular flexibility index (Phi) is 8.26. The molecule has 1 rings (SSSR count). The summed E-state index contributed by atoms with van der Waals surface area (Å²) in [5, 5.41) is 0. The predicted octanol–water partition coefficient (Wildman–Crippen LogP) is 4.20. The summed E-state index contributed by atoms with van der Waals surface area (Å²) in [6.07, 6.45) is 4.22. The van der Waals surface area contributed by atoms with E-state index in [2.05, 4.69) is 31.9 Å². The van der Waals surface area contributed by atoms with E-state index in [0.29, 0.717) is 24.0 Å². The number of hydrogen-bond acceptors (Lipinski definition) is 3. The molecule has 0 unspecified atom stereocenters. The lowest BCUT2D eigenvalue weighted by molar-refractivity contribution is -0.143. The van der Waals surface area contributed by atoms with Gasteiger partial charge in [0.25, 0.3) is 5.56 Å². The first kappa shape index (κ1) is 18.4. The van der Waals surface area contributed by atoms with Crippen molar-refractivity contribution in [3.8, 4) is 0 Å². The Morgan fingerprint density at radius 2 is 1.86 bits per heavy atom. The zero-order valence-corrected chi connectivity index (χ0v) is 15.6. The van der Waals surface area contributed by atoms with E-state index in [1.807, 2.05) is 13.8 Å². The Balaban J connectivity index is 2.37. The van der Waals surface area contributed by atoms with E-state index < -0.39 is 0 Å². The number of nitrogens with zero attached hydrogens (tertiary/aromatic N) is 1. The van der Waals surface area contributed by atoms with Crippen LogP contribution in [0, 0.1) is 6.92 Å². The number of rotatable bonds is 8. The molecule has 4 nitrogen and oxygen atoms in total. The quantitative estimate of drug-likeness (QED) is 0.466. The highest BCUT2D eigenvalue weighted by atomic mass is 79.9. The maximum Gasteiger partial charge on any atom is 0.305 e. The molecule has 1 aromatic rings. The second kappa shape index (κ2) is 9.41. The first-order valence-corrected chi connectivity index (χ1v) is 8.77. The van der Waals surface area contributed by atoms with Crippen molar-refractivity contribution in [1.82, 2.24) is 4.57 Å². The molecule has 6 heteroatoms. The van der Waals surface area contributed by atoms with Crippen LogP contribution in [0.4, 0.5) is 0 Å². The van der Waals surface area contributed by atoms with Crippen molar-refractivity contribution in [3.05, 3.63) is 31.1 Å². The third-order valence-corrected chi connectivity index (χ3v) is 4.64. The molecule has 0 saturated carbocycles. The number of unbranched alkanes of at least 4 members (excludes halogenated alkanes) is 3. The Bertz CT molecular complexity index is 540. The molecular formula is C15H21Br2NO3. The average molecular weight is 423 g/mol. The minimum absolute atomic E-state index is 0.00206. The molecule has 0 bridgehead atoms. The van der Waals surface area contributed by atoms with Gasteiger partial charge in [0.05, 0.1) is 11.1 Å². The zero-order valence-electron chi connectivity index (χ0n) is 12.5. The highest BCUT2D eigenvalue weighted by Crippen LogP contribution is 2.18. The number of hydrogen-bond donors (Lipinski definition) is 0. The van der Waals surface area contributed by atoms with Gasteiger partial charge < -0.3 is 9.30 Å². The summed E-state index contributed by atoms with van der Waals surface area (Å²) in [4.78, 5) is 23.2. The third-order valence-electron chi connectivity index (χ3n) is 3.27. The predicted molar refractivity (Wildman–Crippen MR) is 90.6 cm³/mol. The van der Waals surface area contributed by atoms with Crippen molar-refractivity contribution in [2.45, 2.75) is 52.5 Å². The smallest absolute Gasteiger partial charge is 0.305 e. The van der Waals surface area contributed by atoms with E-state index in [1.54, 1.807) is 10.6 Å². The number of pyridine rings is 1. The van der Waals surface area contributed by atoms with Crippen LogP contribution in [0.15, 0.2) is 19.8 Å². The third kappa shape index (κ3) is 5.94. The summed E-state index contributed by atoms with van der Waals surface area (Å²) >= 11 is 6.74. The Hall–Kier alpha value is -0.620. The van der Waals surface area contributed by atoms with Gasteiger partial charge in [-0.15, -0.1) is 0 Å². The molecule has 0 atom stereocenters. The van der Waals surface area contributed by atoms with Crippen LogP contribution < -0.4 is 5.56 Å². The molecule has 0 N–H and O–H groups in total. The van der Waals surface area contributed by atoms with Gasteiger partial charge in [0.2, 0.25) is 0 Å². The van der Waals surface area contributed by atoms with E-state index in [1.165, 1.54) is 0 Å². The van der Waals surface area contributed by atoms with Crippen LogP contribution in [0.1, 0.15) is 44.7 Å². The molecule has 0 aliphatic heterocycles. The summed E-state index contributed by atoms with van der Waals surface area (Å²) in [5.41, 5.74) is 0.942. The lowest BCUT2D eigenvalue weighted by Crippen LogP contribution is -2.23. The second-order valence-corrected chi connectivity index (χ2v) is 6.56. The molecule has 1 aromatic heterocycles. The lowest BCUT2D eigenvalue weighted by atomic mass is 10.1. The minimum Gasteiger partial charge on any atom is -0.466 e. The van der Waals surface area contributed by atoms with Crippen LogP contribution >= 0.6 is 31.9 Å². The normalized spacial score (nSPS) is 10.7. The fourth-order valence-electron chi connectivity index (χ4n) is 2.08. The molecule has 0 spiro atoms. The first-order chi connectivity index (χ1) is 9.97. The van der Waals surface area contributed by atoms with Crippen LogP contribution in [-0.2, 0) is 16.1 Å². The van der Waals surface area contributed by atoms with Crippen LogP contribution in [-0.4, -0.2) is 17.1 Å². The van der Waals surface area contributed by atoms with Gasteiger partial charge in [-0.2, -0.15) is 0 Å². The maximum absolute atomic E-state index is 12.1. The number of carbonyl (C=O) groups is 1. The standard InChI is InChI=1S/C15H21Br2NO3/c1-3-21-14(19)8-6-4-5-7-9-18-11(2)12(16)10-13(17)15(18)20/h10H,3-9H2,1-2H3. The topological polar surface area (TPSA) is 48.3 Å². The number of ether oxygens (including phenoxy) is 1. The van der Waals surface area contributed by atoms with Crippen molar-refractivity contribution in [2.24, 2.45) is 0 Å². The Labute approximate surface area is 142 Å². The van der Waals surface area contributed by atoms with E-state index in [-0.39, 0.29) is 11.5 Å². The highest BCUT2D eigenvalue weighted by Gasteiger charge is 2.08. The molecule has 0 fully saturated rings. The second-order valence-electron chi connectivity index (χ2n) is 4.85. The molecule has 0 aliphatic rings. The van der Waals surface area contributed by atoms with Gasteiger partial charge in [-0.1, -0.05) is 12.8 Å². The molecule has 21 heavy (non-hydrogen) atoms. The molecule has 1 heterocycles. The summed E-state index contributed by atoms with van der Waals surface area (Å²) in [6.45, 7) is 4.88. The molecule has 118 valence electrons. The van der Waals surface area contributed by atoms with Crippen LogP contribution in [0.5, 0.6) is 0 Å². The summed E-state index contributed by atoms with van der Waals surface area (Å²) in [7, 11) is 0. The Morgan fingerprint density at radius 3 is 2.52 bits per heavy atom. The largest absolute Gasteiger partial charge is 0.466 e. The van der Waals surface area contributed by atoms with Crippen molar-refractivity contribution in [3.63, 3.8) is 0 Å². The molecule has 0 saturated heterocycles. The lowest BCUT2D eigenvalue weighted by Gasteiger charge is -2.12. The molecule has 0 amide bonds. The summed E-state index contributed by atoms with van der Waals surface area (Å²) < 4.78 is 8.16. The van der Waals surface area contributed by atoms with E-state index in [4.69, 9.17) is 4.74 Å². The maximum atomic E-state index is 12.1. The van der Waals surface area contributed by atoms with Crippen molar-refractivity contribution in [2.75, 3.05) is 6.61 Å². The SMILES string of the molecule is CCOC(=O)CCCCCCn1c(C)c(Br)cc(Br)c1=O. The highest BCUT2D eigenvalue weighted by molar-refractivity contribution is 9.11. The van der Waals surface area contributed by atoms with Crippen LogP contribution in [0.2, 0.25) is 0 Å².